The third kappa shape index (κ3) is 1.82. The number of likely N-dealkylation sites (N-methyl/N-ethyl adjacent to an activating group) is 1. The minimum absolute atomic E-state index is 0.0686. The van der Waals surface area contributed by atoms with Gasteiger partial charge >= 0.3 is 11.7 Å². The van der Waals surface area contributed by atoms with Crippen LogP contribution in [0.3, 0.4) is 0 Å². The van der Waals surface area contributed by atoms with Gasteiger partial charge in [-0.2, -0.15) is 0 Å². The van der Waals surface area contributed by atoms with Crippen LogP contribution in [0.4, 0.5) is 0 Å². The maximum Gasteiger partial charge on any atom is 0.389 e. The number of rotatable bonds is 4. The number of nitroso groups, excluding NO2 is 1. The number of nitrogens with one attached hydrogen (secondary N) is 1. The van der Waals surface area contributed by atoms with Crippen LogP contribution in [0.1, 0.15) is 40.0 Å². The third-order valence-corrected chi connectivity index (χ3v) is 4.86. The van der Waals surface area contributed by atoms with Crippen molar-refractivity contribution in [2.75, 3.05) is 20.1 Å². The first kappa shape index (κ1) is 15.3. The lowest BCUT2D eigenvalue weighted by atomic mass is 10.1. The second kappa shape index (κ2) is 5.24. The molecular weight excluding hydrogens is 282 g/mol. The molecule has 1 N–H and O–H groups in total. The average molecular weight is 307 g/mol. The Labute approximate surface area is 130 Å². The molecule has 0 aliphatic carbocycles. The largest absolute Gasteiger partial charge is 0.389 e. The zero-order valence-electron chi connectivity index (χ0n) is 13.8. The summed E-state index contributed by atoms with van der Waals surface area (Å²) in [5.74, 6) is 1.13. The molecule has 3 aliphatic rings. The predicted octanol–water partition coefficient (Wildman–Crippen LogP) is 1.12. The molecule has 0 bridgehead atoms. The Morgan fingerprint density at radius 3 is 2.77 bits per heavy atom. The lowest BCUT2D eigenvalue weighted by Gasteiger charge is -2.24. The standard InChI is InChI=1S/C15H25N5O2/c1-5-7-12-15(21)20(8-6-2)14(17-12)11-9-18(4)10(3)16-13(11)19(20)22/h10,12,16H,5-9H2,1-4H3/q+2. The van der Waals surface area contributed by atoms with Crippen molar-refractivity contribution in [3.63, 3.8) is 0 Å². The van der Waals surface area contributed by atoms with Crippen molar-refractivity contribution in [1.82, 2.24) is 10.2 Å². The molecule has 22 heavy (non-hydrogen) atoms. The number of amidine groups is 1. The molecule has 3 atom stereocenters. The first-order chi connectivity index (χ1) is 10.5. The molecule has 7 heteroatoms. The molecule has 0 aromatic heterocycles. The SMILES string of the molecule is CCCC1N=C2C3=C(NC(C)N(C)C3)[N+](=O)[N+]2(CCC)C1=O. The van der Waals surface area contributed by atoms with Gasteiger partial charge < -0.3 is 0 Å². The quantitative estimate of drug-likeness (QED) is 0.624. The van der Waals surface area contributed by atoms with Crippen LogP contribution < -0.4 is 5.32 Å². The van der Waals surface area contributed by atoms with E-state index in [1.165, 1.54) is 0 Å². The van der Waals surface area contributed by atoms with Crippen molar-refractivity contribution in [3.05, 3.63) is 16.3 Å². The van der Waals surface area contributed by atoms with Crippen molar-refractivity contribution < 1.29 is 14.3 Å². The Balaban J connectivity index is 2.09. The van der Waals surface area contributed by atoms with Crippen LogP contribution in [0.2, 0.25) is 0 Å². The molecular formula is C15H25N5O2+2. The number of hydrogen-bond donors (Lipinski definition) is 1. The van der Waals surface area contributed by atoms with E-state index >= 15 is 0 Å². The highest BCUT2D eigenvalue weighted by atomic mass is 16.4. The van der Waals surface area contributed by atoms with Crippen LogP contribution in [0.25, 0.3) is 0 Å². The topological polar surface area (TPSA) is 64.8 Å². The van der Waals surface area contributed by atoms with Crippen LogP contribution >= 0.6 is 0 Å². The molecule has 0 aromatic carbocycles. The van der Waals surface area contributed by atoms with E-state index in [0.29, 0.717) is 31.2 Å². The van der Waals surface area contributed by atoms with Gasteiger partial charge in [0.05, 0.1) is 0 Å². The number of amides is 1. The molecule has 0 saturated carbocycles. The van der Waals surface area contributed by atoms with Crippen molar-refractivity contribution in [2.45, 2.75) is 52.2 Å². The number of aliphatic imine (C=N–C) groups is 1. The van der Waals surface area contributed by atoms with Crippen LogP contribution in [0.5, 0.6) is 0 Å². The van der Waals surface area contributed by atoms with Crippen LogP contribution in [-0.2, 0) is 4.79 Å². The molecule has 0 fully saturated rings. The number of carbonyl (C=O) groups is 1. The maximum atomic E-state index is 13.0. The van der Waals surface area contributed by atoms with Gasteiger partial charge in [0.25, 0.3) is 5.84 Å². The summed E-state index contributed by atoms with van der Waals surface area (Å²) in [6.07, 6.45) is 2.43. The molecule has 3 unspecified atom stereocenters. The number of fused-ring (bicyclic) bond motifs is 2. The van der Waals surface area contributed by atoms with E-state index in [9.17, 15) is 9.70 Å². The third-order valence-electron chi connectivity index (χ3n) is 4.86. The summed E-state index contributed by atoms with van der Waals surface area (Å²) in [7, 11) is 2.00. The van der Waals surface area contributed by atoms with Gasteiger partial charge in [-0.25, -0.2) is 9.79 Å². The van der Waals surface area contributed by atoms with E-state index < -0.39 is 0 Å². The van der Waals surface area contributed by atoms with Crippen molar-refractivity contribution in [2.24, 2.45) is 4.99 Å². The summed E-state index contributed by atoms with van der Waals surface area (Å²) in [5, 5.41) is 3.23. The first-order valence-electron chi connectivity index (χ1n) is 8.16. The predicted molar refractivity (Wildman–Crippen MR) is 82.4 cm³/mol. The van der Waals surface area contributed by atoms with Gasteiger partial charge in [-0.3, -0.25) is 10.2 Å². The number of quaternary nitrogens is 1. The Morgan fingerprint density at radius 2 is 2.14 bits per heavy atom. The van der Waals surface area contributed by atoms with Crippen LogP contribution in [0.15, 0.2) is 16.4 Å². The molecule has 7 nitrogen and oxygen atoms in total. The van der Waals surface area contributed by atoms with E-state index in [1.54, 1.807) is 0 Å². The molecule has 0 spiro atoms. The minimum atomic E-state index is -0.373. The summed E-state index contributed by atoms with van der Waals surface area (Å²) in [5.41, 5.74) is 0.885. The molecule has 3 aliphatic heterocycles. The van der Waals surface area contributed by atoms with Gasteiger partial charge in [0.1, 0.15) is 12.7 Å². The molecule has 120 valence electrons. The Bertz CT molecular complexity index is 597. The van der Waals surface area contributed by atoms with Gasteiger partial charge in [0.15, 0.2) is 16.5 Å². The Hall–Kier alpha value is -1.60. The fraction of sp³-hybridized carbons (Fsp3) is 0.733. The van der Waals surface area contributed by atoms with Crippen LogP contribution in [0, 0.1) is 4.91 Å². The molecule has 1 amide bonds. The van der Waals surface area contributed by atoms with E-state index in [4.69, 9.17) is 0 Å². The highest BCUT2D eigenvalue weighted by Gasteiger charge is 2.69. The normalized spacial score (nSPS) is 34.6. The minimum Gasteiger partial charge on any atom is -0.264 e. The second-order valence-corrected chi connectivity index (χ2v) is 6.42. The zero-order chi connectivity index (χ0) is 16.1. The van der Waals surface area contributed by atoms with E-state index in [2.05, 4.69) is 15.2 Å². The highest BCUT2D eigenvalue weighted by Crippen LogP contribution is 2.37. The van der Waals surface area contributed by atoms with E-state index in [1.807, 2.05) is 27.8 Å². The Morgan fingerprint density at radius 1 is 1.41 bits per heavy atom. The van der Waals surface area contributed by atoms with Crippen molar-refractivity contribution in [1.29, 1.82) is 0 Å². The van der Waals surface area contributed by atoms with Gasteiger partial charge in [-0.05, 0) is 36.3 Å². The summed E-state index contributed by atoms with van der Waals surface area (Å²) in [4.78, 5) is 33.6. The maximum absolute atomic E-state index is 13.0. The van der Waals surface area contributed by atoms with E-state index in [0.717, 1.165) is 23.3 Å². The van der Waals surface area contributed by atoms with Gasteiger partial charge in [0.2, 0.25) is 0 Å². The molecule has 0 aromatic rings. The Kier molecular flexibility index (Phi) is 3.65. The number of nitrogens with zero attached hydrogens (tertiary/aromatic N) is 4. The van der Waals surface area contributed by atoms with Gasteiger partial charge in [0, 0.05) is 6.54 Å². The lowest BCUT2D eigenvalue weighted by molar-refractivity contribution is -1.22. The average Bonchev–Trinajstić information content (AvgIpc) is 2.87. The highest BCUT2D eigenvalue weighted by molar-refractivity contribution is 6.05. The van der Waals surface area contributed by atoms with Gasteiger partial charge in [-0.15, -0.1) is 0 Å². The first-order valence-corrected chi connectivity index (χ1v) is 8.16. The molecule has 0 radical (unpaired) electrons. The molecule has 0 saturated heterocycles. The lowest BCUT2D eigenvalue weighted by Crippen LogP contribution is -2.58. The van der Waals surface area contributed by atoms with Crippen molar-refractivity contribution in [3.8, 4) is 0 Å². The van der Waals surface area contributed by atoms with Crippen molar-refractivity contribution >= 4 is 11.7 Å². The monoisotopic (exact) mass is 307 g/mol. The molecule has 3 heterocycles. The van der Waals surface area contributed by atoms with Gasteiger partial charge in [-0.1, -0.05) is 20.3 Å². The summed E-state index contributed by atoms with van der Waals surface area (Å²) in [6, 6.07) is -0.373. The smallest absolute Gasteiger partial charge is 0.264 e. The second-order valence-electron chi connectivity index (χ2n) is 6.42. The number of carbonyl (C=O) groups excluding carboxylic acids is 1. The zero-order valence-corrected chi connectivity index (χ0v) is 13.8. The summed E-state index contributed by atoms with van der Waals surface area (Å²) >= 11 is 0. The fourth-order valence-electron chi connectivity index (χ4n) is 3.59. The summed E-state index contributed by atoms with van der Waals surface area (Å²) < 4.78 is -0.264. The van der Waals surface area contributed by atoms with Crippen LogP contribution in [-0.4, -0.2) is 58.4 Å². The summed E-state index contributed by atoms with van der Waals surface area (Å²) in [6.45, 7) is 7.18. The fourth-order valence-corrected chi connectivity index (χ4v) is 3.59. The van der Waals surface area contributed by atoms with E-state index in [-0.39, 0.29) is 22.7 Å². The number of hydrogen-bond acceptors (Lipinski definition) is 5. The molecule has 3 rings (SSSR count).